The normalized spacial score (nSPS) is 11.3. The number of anilines is 1. The van der Waals surface area contributed by atoms with Gasteiger partial charge in [-0.2, -0.15) is 0 Å². The summed E-state index contributed by atoms with van der Waals surface area (Å²) in [5, 5.41) is 11.5. The summed E-state index contributed by atoms with van der Waals surface area (Å²) in [4.78, 5) is 0. The Morgan fingerprint density at radius 2 is 1.24 bits per heavy atom. The molecule has 0 spiro atoms. The van der Waals surface area contributed by atoms with E-state index in [0.29, 0.717) is 11.4 Å². The Morgan fingerprint density at radius 1 is 0.606 bits per heavy atom. The summed E-state index contributed by atoms with van der Waals surface area (Å²) in [7, 11) is 0. The Labute approximate surface area is 191 Å². The Hall–Kier alpha value is -4.57. The lowest BCUT2D eigenvalue weighted by atomic mass is 10.0. The predicted octanol–water partition coefficient (Wildman–Crippen LogP) is 6.57. The van der Waals surface area contributed by atoms with Crippen molar-refractivity contribution in [3.05, 3.63) is 127 Å². The molecule has 0 unspecified atom stereocenters. The molecule has 0 aliphatic heterocycles. The smallest absolute Gasteiger partial charge is 0.0742 e. The van der Waals surface area contributed by atoms with Crippen LogP contribution in [-0.4, -0.2) is 14.8 Å². The number of nitrogen functional groups attached to an aromatic ring is 1. The summed E-state index contributed by atoms with van der Waals surface area (Å²) in [6, 6.07) is 34.9. The highest BCUT2D eigenvalue weighted by molar-refractivity contribution is 6.23. The predicted molar refractivity (Wildman–Crippen MR) is 137 cm³/mol. The highest BCUT2D eigenvalue weighted by Gasteiger charge is 2.20. The highest BCUT2D eigenvalue weighted by Crippen LogP contribution is 2.35. The lowest BCUT2D eigenvalue weighted by Crippen LogP contribution is -2.06. The fourth-order valence-corrected chi connectivity index (χ4v) is 4.64. The van der Waals surface area contributed by atoms with Gasteiger partial charge >= 0.3 is 0 Å². The summed E-state index contributed by atoms with van der Waals surface area (Å²) in [5.41, 5.74) is 13.2. The van der Waals surface area contributed by atoms with E-state index in [1.807, 2.05) is 77.6 Å². The van der Waals surface area contributed by atoms with Gasteiger partial charge in [0.1, 0.15) is 0 Å². The minimum Gasteiger partial charge on any atom is -0.397 e. The van der Waals surface area contributed by atoms with Crippen molar-refractivity contribution in [3.63, 3.8) is 0 Å². The molecule has 6 rings (SSSR count). The Bertz CT molecular complexity index is 1620. The largest absolute Gasteiger partial charge is 0.397 e. The van der Waals surface area contributed by atoms with Crippen LogP contribution in [0.1, 0.15) is 11.1 Å². The van der Waals surface area contributed by atoms with Gasteiger partial charge in [-0.05, 0) is 30.3 Å². The van der Waals surface area contributed by atoms with Gasteiger partial charge in [-0.1, -0.05) is 72.8 Å². The quantitative estimate of drug-likeness (QED) is 0.308. The van der Waals surface area contributed by atoms with E-state index >= 15 is 0 Å². The molecule has 4 nitrogen and oxygen atoms in total. The van der Waals surface area contributed by atoms with Crippen molar-refractivity contribution < 1.29 is 0 Å². The number of rotatable bonds is 4. The molecule has 0 radical (unpaired) electrons. The maximum Gasteiger partial charge on any atom is 0.0742 e. The molecule has 2 heterocycles. The molecule has 0 atom stereocenters. The van der Waals surface area contributed by atoms with E-state index in [4.69, 9.17) is 5.73 Å². The third kappa shape index (κ3) is 3.04. The molecule has 0 saturated carbocycles. The standard InChI is InChI=1S/C29H22N4/c30-26-19-32(20-10-3-1-4-11-20)18-25(26)28(31)24-16-9-15-23-22-14-7-8-17-27(22)33(29(23)24)21-12-5-2-6-13-21/h1-19,31H,30H2. The van der Waals surface area contributed by atoms with Crippen LogP contribution in [0, 0.1) is 5.41 Å². The van der Waals surface area contributed by atoms with E-state index in [0.717, 1.165) is 38.9 Å². The number of aromatic nitrogens is 2. The number of nitrogens with one attached hydrogen (secondary N) is 1. The third-order valence-electron chi connectivity index (χ3n) is 6.16. The highest BCUT2D eigenvalue weighted by atomic mass is 15.0. The van der Waals surface area contributed by atoms with Crippen LogP contribution in [0.25, 0.3) is 33.2 Å². The number of benzene rings is 4. The van der Waals surface area contributed by atoms with E-state index in [-0.39, 0.29) is 0 Å². The number of fused-ring (bicyclic) bond motifs is 3. The van der Waals surface area contributed by atoms with Crippen LogP contribution in [0.2, 0.25) is 0 Å². The topological polar surface area (TPSA) is 59.7 Å². The van der Waals surface area contributed by atoms with Crippen molar-refractivity contribution in [1.29, 1.82) is 5.41 Å². The van der Waals surface area contributed by atoms with Gasteiger partial charge in [-0.25, -0.2) is 0 Å². The first-order valence-corrected chi connectivity index (χ1v) is 10.9. The van der Waals surface area contributed by atoms with E-state index in [2.05, 4.69) is 47.0 Å². The molecular formula is C29H22N4. The second-order valence-electron chi connectivity index (χ2n) is 8.13. The van der Waals surface area contributed by atoms with Gasteiger partial charge in [-0.3, -0.25) is 5.41 Å². The first kappa shape index (κ1) is 19.1. The Morgan fingerprint density at radius 3 is 2.00 bits per heavy atom. The van der Waals surface area contributed by atoms with Crippen LogP contribution in [0.15, 0.2) is 116 Å². The minimum absolute atomic E-state index is 0.410. The number of hydrogen-bond donors (Lipinski definition) is 2. The average Bonchev–Trinajstić information content (AvgIpc) is 3.43. The molecule has 6 aromatic rings. The van der Waals surface area contributed by atoms with Crippen molar-refractivity contribution in [3.8, 4) is 11.4 Å². The summed E-state index contributed by atoms with van der Waals surface area (Å²) >= 11 is 0. The molecule has 0 amide bonds. The molecule has 3 N–H and O–H groups in total. The second-order valence-corrected chi connectivity index (χ2v) is 8.13. The molecule has 0 saturated heterocycles. The zero-order valence-corrected chi connectivity index (χ0v) is 17.9. The van der Waals surface area contributed by atoms with Crippen molar-refractivity contribution in [2.24, 2.45) is 0 Å². The van der Waals surface area contributed by atoms with Crippen LogP contribution in [-0.2, 0) is 0 Å². The molecule has 0 fully saturated rings. The maximum absolute atomic E-state index is 9.20. The zero-order chi connectivity index (χ0) is 22.4. The van der Waals surface area contributed by atoms with Crippen LogP contribution < -0.4 is 5.73 Å². The lowest BCUT2D eigenvalue weighted by Gasteiger charge is -2.12. The van der Waals surface area contributed by atoms with Gasteiger partial charge in [-0.15, -0.1) is 0 Å². The summed E-state index contributed by atoms with van der Waals surface area (Å²) in [6.45, 7) is 0. The summed E-state index contributed by atoms with van der Waals surface area (Å²) in [5.74, 6) is 0. The number of para-hydroxylation sites is 4. The van der Waals surface area contributed by atoms with Crippen LogP contribution in [0.3, 0.4) is 0 Å². The Balaban J connectivity index is 1.60. The van der Waals surface area contributed by atoms with E-state index in [1.54, 1.807) is 0 Å². The number of nitrogens with two attached hydrogens (primary N) is 1. The molecule has 158 valence electrons. The van der Waals surface area contributed by atoms with Gasteiger partial charge in [0.25, 0.3) is 0 Å². The lowest BCUT2D eigenvalue weighted by molar-refractivity contribution is 1.08. The second kappa shape index (κ2) is 7.53. The molecule has 2 aromatic heterocycles. The monoisotopic (exact) mass is 426 g/mol. The van der Waals surface area contributed by atoms with Crippen LogP contribution in [0.5, 0.6) is 0 Å². The molecule has 4 aromatic carbocycles. The van der Waals surface area contributed by atoms with Gasteiger partial charge in [0, 0.05) is 45.7 Å². The van der Waals surface area contributed by atoms with E-state index in [1.165, 1.54) is 5.39 Å². The molecule has 33 heavy (non-hydrogen) atoms. The first-order chi connectivity index (χ1) is 16.2. The van der Waals surface area contributed by atoms with E-state index < -0.39 is 0 Å². The van der Waals surface area contributed by atoms with Gasteiger partial charge in [0.15, 0.2) is 0 Å². The molecule has 0 bridgehead atoms. The number of nitrogens with zero attached hydrogens (tertiary/aromatic N) is 2. The van der Waals surface area contributed by atoms with Gasteiger partial charge in [0.05, 0.1) is 22.4 Å². The fourth-order valence-electron chi connectivity index (χ4n) is 4.64. The third-order valence-corrected chi connectivity index (χ3v) is 6.16. The zero-order valence-electron chi connectivity index (χ0n) is 17.9. The maximum atomic E-state index is 9.20. The van der Waals surface area contributed by atoms with Gasteiger partial charge < -0.3 is 14.9 Å². The van der Waals surface area contributed by atoms with Crippen LogP contribution in [0.4, 0.5) is 5.69 Å². The molecular weight excluding hydrogens is 404 g/mol. The molecule has 0 aliphatic rings. The fraction of sp³-hybridized carbons (Fsp3) is 0. The van der Waals surface area contributed by atoms with E-state index in [9.17, 15) is 5.41 Å². The number of hydrogen-bond acceptors (Lipinski definition) is 2. The SMILES string of the molecule is N=C(c1cn(-c2ccccc2)cc1N)c1cccc2c3ccccc3n(-c3ccccc3)c12. The Kier molecular flexibility index (Phi) is 4.37. The average molecular weight is 427 g/mol. The minimum atomic E-state index is 0.410. The molecule has 4 heteroatoms. The van der Waals surface area contributed by atoms with Crippen molar-refractivity contribution in [2.75, 3.05) is 5.73 Å². The van der Waals surface area contributed by atoms with Crippen molar-refractivity contribution in [2.45, 2.75) is 0 Å². The van der Waals surface area contributed by atoms with Crippen molar-refractivity contribution in [1.82, 2.24) is 9.13 Å². The summed E-state index contributed by atoms with van der Waals surface area (Å²) in [6.07, 6.45) is 3.83. The summed E-state index contributed by atoms with van der Waals surface area (Å²) < 4.78 is 4.23. The van der Waals surface area contributed by atoms with Crippen LogP contribution >= 0.6 is 0 Å². The molecule has 0 aliphatic carbocycles. The van der Waals surface area contributed by atoms with Gasteiger partial charge in [0.2, 0.25) is 0 Å². The first-order valence-electron chi connectivity index (χ1n) is 10.9. The van der Waals surface area contributed by atoms with Crippen molar-refractivity contribution >= 4 is 33.2 Å².